The number of nitrogens with zero attached hydrogens (tertiary/aromatic N) is 3. The average Bonchev–Trinajstić information content (AvgIpc) is 3.22. The van der Waals surface area contributed by atoms with Crippen LogP contribution in [0.4, 0.5) is 13.9 Å². The molecule has 1 heterocycles. The fourth-order valence-electron chi connectivity index (χ4n) is 3.62. The molecule has 0 aliphatic heterocycles. The summed E-state index contributed by atoms with van der Waals surface area (Å²) in [7, 11) is 1.52. The summed E-state index contributed by atoms with van der Waals surface area (Å²) in [5, 5.41) is 7.69. The lowest BCUT2D eigenvalue weighted by molar-refractivity contribution is -0.118. The lowest BCUT2D eigenvalue weighted by atomic mass is 9.83. The predicted octanol–water partition coefficient (Wildman–Crippen LogP) is 3.19. The number of alkyl halides is 2. The molecule has 2 aromatic rings. The van der Waals surface area contributed by atoms with Crippen molar-refractivity contribution in [3.05, 3.63) is 45.4 Å². The molecule has 1 aliphatic carbocycles. The second-order valence-corrected chi connectivity index (χ2v) is 8.69. The molecule has 1 saturated carbocycles. The minimum atomic E-state index is -2.82. The maximum atomic E-state index is 13.9. The lowest BCUT2D eigenvalue weighted by Gasteiger charge is -2.23. The molecule has 0 bridgehead atoms. The molecule has 31 heavy (non-hydrogen) atoms. The number of amidine groups is 1. The first-order valence-electron chi connectivity index (χ1n) is 9.32. The number of rotatable bonds is 7. The third-order valence-electron chi connectivity index (χ3n) is 4.97. The number of hydrazine groups is 1. The van der Waals surface area contributed by atoms with Gasteiger partial charge in [-0.3, -0.25) is 9.59 Å². The second kappa shape index (κ2) is 9.25. The van der Waals surface area contributed by atoms with Gasteiger partial charge in [-0.25, -0.2) is 24.7 Å². The Bertz CT molecular complexity index is 996. The molecular formula is C19H21ClF2N6O2S. The number of carbonyl (C=O) groups excluding carboxylic acids is 2. The third-order valence-corrected chi connectivity index (χ3v) is 6.27. The minimum Gasteiger partial charge on any atom is -0.382 e. The number of hydrazone groups is 1. The van der Waals surface area contributed by atoms with Crippen molar-refractivity contribution >= 4 is 46.1 Å². The molecule has 1 amide bonds. The van der Waals surface area contributed by atoms with Crippen molar-refractivity contribution in [2.24, 2.45) is 22.6 Å². The Kier molecular flexibility index (Phi) is 6.87. The molecule has 1 aromatic heterocycles. The molecular weight excluding hydrogens is 450 g/mol. The molecule has 0 spiro atoms. The number of aldehydes is 1. The largest absolute Gasteiger partial charge is 0.382 e. The summed E-state index contributed by atoms with van der Waals surface area (Å²) in [6.45, 7) is 0. The molecule has 0 saturated heterocycles. The van der Waals surface area contributed by atoms with Crippen LogP contribution in [0.15, 0.2) is 29.4 Å². The molecule has 1 aliphatic rings. The highest BCUT2D eigenvalue weighted by Gasteiger charge is 2.45. The summed E-state index contributed by atoms with van der Waals surface area (Å²) in [6.07, 6.45) is 0.0632. The van der Waals surface area contributed by atoms with Gasteiger partial charge in [0.25, 0.3) is 0 Å². The van der Waals surface area contributed by atoms with E-state index in [1.165, 1.54) is 7.05 Å². The fourth-order valence-corrected chi connectivity index (χ4v) is 4.59. The third kappa shape index (κ3) is 5.54. The standard InChI is InChI=1S/C19H21ClF2N6O2S/c1-28(24)27-16(23)11-4-2-10(3-5-11)14(12-6-7-19(21,22)8-12)17(30)26-18-25-15(20)13(9-29)31-18/h2-5,9,12,14H,6-8,24H2,1H3,(H2,23,27)(H,25,26,30). The van der Waals surface area contributed by atoms with Crippen molar-refractivity contribution < 1.29 is 18.4 Å². The molecule has 12 heteroatoms. The maximum Gasteiger partial charge on any atom is 0.248 e. The number of hydrogen-bond donors (Lipinski definition) is 3. The fraction of sp³-hybridized carbons (Fsp3) is 0.368. The van der Waals surface area contributed by atoms with Gasteiger partial charge in [0.2, 0.25) is 11.8 Å². The Hall–Kier alpha value is -2.63. The number of nitrogens with two attached hydrogens (primary N) is 2. The number of nitrogens with one attached hydrogen (secondary N) is 1. The second-order valence-electron chi connectivity index (χ2n) is 7.30. The van der Waals surface area contributed by atoms with E-state index in [4.69, 9.17) is 23.2 Å². The smallest absolute Gasteiger partial charge is 0.248 e. The Morgan fingerprint density at radius 2 is 2.13 bits per heavy atom. The van der Waals surface area contributed by atoms with Gasteiger partial charge in [-0.05, 0) is 17.9 Å². The van der Waals surface area contributed by atoms with Crippen LogP contribution in [0.3, 0.4) is 0 Å². The normalized spacial score (nSPS) is 19.1. The van der Waals surface area contributed by atoms with Gasteiger partial charge >= 0.3 is 0 Å². The van der Waals surface area contributed by atoms with Crippen LogP contribution >= 0.6 is 22.9 Å². The van der Waals surface area contributed by atoms with Crippen LogP contribution in [-0.2, 0) is 4.79 Å². The van der Waals surface area contributed by atoms with Crippen molar-refractivity contribution in [1.29, 1.82) is 0 Å². The van der Waals surface area contributed by atoms with Gasteiger partial charge in [-0.15, -0.1) is 5.10 Å². The van der Waals surface area contributed by atoms with Gasteiger partial charge < -0.3 is 11.1 Å². The zero-order valence-corrected chi connectivity index (χ0v) is 18.1. The van der Waals surface area contributed by atoms with Crippen LogP contribution in [0.25, 0.3) is 0 Å². The minimum absolute atomic E-state index is 0.0248. The molecule has 5 N–H and O–H groups in total. The predicted molar refractivity (Wildman–Crippen MR) is 115 cm³/mol. The summed E-state index contributed by atoms with van der Waals surface area (Å²) in [4.78, 5) is 28.2. The topological polar surface area (TPSA) is 127 Å². The summed E-state index contributed by atoms with van der Waals surface area (Å²) >= 11 is 6.77. The van der Waals surface area contributed by atoms with Gasteiger partial charge in [-0.2, -0.15) is 0 Å². The van der Waals surface area contributed by atoms with E-state index < -0.39 is 30.1 Å². The quantitative estimate of drug-likeness (QED) is 0.187. The Morgan fingerprint density at radius 3 is 2.65 bits per heavy atom. The van der Waals surface area contributed by atoms with Crippen molar-refractivity contribution in [3.63, 3.8) is 0 Å². The molecule has 2 atom stereocenters. The molecule has 1 fully saturated rings. The van der Waals surface area contributed by atoms with E-state index in [0.717, 1.165) is 16.5 Å². The number of anilines is 1. The van der Waals surface area contributed by atoms with E-state index in [2.05, 4.69) is 15.4 Å². The van der Waals surface area contributed by atoms with Gasteiger partial charge in [0, 0.05) is 25.5 Å². The first-order valence-corrected chi connectivity index (χ1v) is 10.5. The highest BCUT2D eigenvalue weighted by Crippen LogP contribution is 2.46. The summed E-state index contributed by atoms with van der Waals surface area (Å²) in [5.74, 6) is 0.898. The van der Waals surface area contributed by atoms with Gasteiger partial charge in [0.1, 0.15) is 4.88 Å². The van der Waals surface area contributed by atoms with Crippen LogP contribution in [0.1, 0.15) is 46.0 Å². The summed E-state index contributed by atoms with van der Waals surface area (Å²) in [5.41, 5.74) is 6.99. The average molecular weight is 471 g/mol. The van der Waals surface area contributed by atoms with Gasteiger partial charge in [0.15, 0.2) is 22.4 Å². The van der Waals surface area contributed by atoms with E-state index in [-0.39, 0.29) is 33.8 Å². The van der Waals surface area contributed by atoms with Crippen molar-refractivity contribution in [2.75, 3.05) is 12.4 Å². The van der Waals surface area contributed by atoms with Crippen LogP contribution < -0.4 is 16.9 Å². The summed E-state index contributed by atoms with van der Waals surface area (Å²) in [6, 6.07) is 6.60. The number of hydrogen-bond acceptors (Lipinski definition) is 7. The lowest BCUT2D eigenvalue weighted by Crippen LogP contribution is -2.28. The zero-order chi connectivity index (χ0) is 22.8. The Balaban J connectivity index is 1.89. The Morgan fingerprint density at radius 1 is 1.45 bits per heavy atom. The van der Waals surface area contributed by atoms with E-state index >= 15 is 0 Å². The first-order chi connectivity index (χ1) is 14.6. The number of halogens is 3. The van der Waals surface area contributed by atoms with E-state index in [1.54, 1.807) is 24.3 Å². The zero-order valence-electron chi connectivity index (χ0n) is 16.5. The number of aromatic nitrogens is 1. The monoisotopic (exact) mass is 470 g/mol. The molecule has 0 radical (unpaired) electrons. The number of amides is 1. The van der Waals surface area contributed by atoms with Gasteiger partial charge in [-0.1, -0.05) is 47.2 Å². The van der Waals surface area contributed by atoms with Crippen molar-refractivity contribution in [3.8, 4) is 0 Å². The van der Waals surface area contributed by atoms with E-state index in [0.29, 0.717) is 17.4 Å². The van der Waals surface area contributed by atoms with E-state index in [9.17, 15) is 18.4 Å². The molecule has 8 nitrogen and oxygen atoms in total. The number of benzene rings is 1. The highest BCUT2D eigenvalue weighted by atomic mass is 35.5. The van der Waals surface area contributed by atoms with Crippen LogP contribution in [0, 0.1) is 5.92 Å². The van der Waals surface area contributed by atoms with Crippen LogP contribution in [-0.4, -0.2) is 41.1 Å². The Labute approximate surface area is 186 Å². The first kappa shape index (κ1) is 23.0. The molecule has 3 rings (SSSR count). The van der Waals surface area contributed by atoms with Crippen molar-refractivity contribution in [2.45, 2.75) is 31.1 Å². The molecule has 1 aromatic carbocycles. The summed E-state index contributed by atoms with van der Waals surface area (Å²) < 4.78 is 27.8. The van der Waals surface area contributed by atoms with Gasteiger partial charge in [0.05, 0.1) is 5.92 Å². The van der Waals surface area contributed by atoms with Crippen LogP contribution in [0.5, 0.6) is 0 Å². The highest BCUT2D eigenvalue weighted by molar-refractivity contribution is 7.17. The van der Waals surface area contributed by atoms with Crippen LogP contribution in [0.2, 0.25) is 5.15 Å². The number of thiazole rings is 1. The van der Waals surface area contributed by atoms with Crippen molar-refractivity contribution in [1.82, 2.24) is 10.1 Å². The molecule has 166 valence electrons. The van der Waals surface area contributed by atoms with E-state index in [1.807, 2.05) is 0 Å². The SMILES string of the molecule is CN(N)/N=C(\N)c1ccc(C(C(=O)Nc2nc(Cl)c(C=O)s2)C2CCC(F)(F)C2)cc1. The maximum absolute atomic E-state index is 13.9. The molecule has 2 unspecified atom stereocenters. The number of carbonyl (C=O) groups is 2.